The number of carbonyl (C=O) groups is 1. The molecule has 0 saturated carbocycles. The molecule has 1 aromatic carbocycles. The second-order valence-corrected chi connectivity index (χ2v) is 5.54. The third-order valence-electron chi connectivity index (χ3n) is 3.76. The Balaban J connectivity index is 0.00000225. The topological polar surface area (TPSA) is 101 Å². The van der Waals surface area contributed by atoms with Crippen LogP contribution in [0, 0.1) is 0 Å². The molecule has 8 nitrogen and oxygen atoms in total. The van der Waals surface area contributed by atoms with Crippen molar-refractivity contribution < 1.29 is 14.3 Å². The number of carbonyl (C=O) groups excluding carboxylic acids is 1. The molecule has 3 rings (SSSR count). The molecule has 1 unspecified atom stereocenters. The summed E-state index contributed by atoms with van der Waals surface area (Å²) in [6.45, 7) is 2.36. The lowest BCUT2D eigenvalue weighted by molar-refractivity contribution is -0.122. The molecular weight excluding hydrogens is 346 g/mol. The number of amides is 1. The van der Waals surface area contributed by atoms with Gasteiger partial charge in [-0.05, 0) is 24.3 Å². The van der Waals surface area contributed by atoms with Crippen molar-refractivity contribution in [1.82, 2.24) is 25.8 Å². The number of hydrogen-bond acceptors (Lipinski definition) is 6. The van der Waals surface area contributed by atoms with E-state index in [2.05, 4.69) is 25.8 Å². The Bertz CT molecular complexity index is 671. The Kier molecular flexibility index (Phi) is 7.17. The van der Waals surface area contributed by atoms with Crippen molar-refractivity contribution >= 4 is 18.3 Å². The van der Waals surface area contributed by atoms with Crippen molar-refractivity contribution in [3.8, 4) is 17.1 Å². The summed E-state index contributed by atoms with van der Waals surface area (Å²) in [6.07, 6.45) is 0.388. The van der Waals surface area contributed by atoms with Crippen molar-refractivity contribution in [3.63, 3.8) is 0 Å². The smallest absolute Gasteiger partial charge is 0.222 e. The molecule has 1 aromatic heterocycles. The van der Waals surface area contributed by atoms with Crippen LogP contribution in [0.3, 0.4) is 0 Å². The normalized spacial score (nSPS) is 16.8. The lowest BCUT2D eigenvalue weighted by Gasteiger charge is -2.23. The molecule has 1 aliphatic heterocycles. The lowest BCUT2D eigenvalue weighted by Crippen LogP contribution is -2.44. The number of methoxy groups -OCH3 is 1. The molecule has 136 valence electrons. The predicted octanol–water partition coefficient (Wildman–Crippen LogP) is 0.897. The highest BCUT2D eigenvalue weighted by atomic mass is 35.5. The zero-order chi connectivity index (χ0) is 16.8. The highest BCUT2D eigenvalue weighted by Gasteiger charge is 2.17. The van der Waals surface area contributed by atoms with Crippen LogP contribution in [0.25, 0.3) is 11.4 Å². The molecule has 0 spiro atoms. The van der Waals surface area contributed by atoms with Crippen LogP contribution in [0.4, 0.5) is 0 Å². The van der Waals surface area contributed by atoms with Crippen LogP contribution in [0.1, 0.15) is 12.2 Å². The molecule has 1 aliphatic rings. The van der Waals surface area contributed by atoms with Crippen LogP contribution in [0.15, 0.2) is 24.3 Å². The van der Waals surface area contributed by atoms with Crippen LogP contribution in [-0.4, -0.2) is 54.0 Å². The number of aromatic amines is 1. The summed E-state index contributed by atoms with van der Waals surface area (Å²) in [6, 6.07) is 7.56. The van der Waals surface area contributed by atoms with Crippen LogP contribution in [0.2, 0.25) is 0 Å². The van der Waals surface area contributed by atoms with Gasteiger partial charge in [-0.25, -0.2) is 4.98 Å². The number of halogens is 1. The van der Waals surface area contributed by atoms with E-state index in [1.54, 1.807) is 7.11 Å². The molecule has 0 aliphatic carbocycles. The summed E-state index contributed by atoms with van der Waals surface area (Å²) >= 11 is 0. The molecule has 1 fully saturated rings. The quantitative estimate of drug-likeness (QED) is 0.701. The molecule has 9 heteroatoms. The van der Waals surface area contributed by atoms with Gasteiger partial charge in [-0.15, -0.1) is 12.4 Å². The summed E-state index contributed by atoms with van der Waals surface area (Å²) in [5.41, 5.74) is 0.883. The number of benzene rings is 1. The first-order chi connectivity index (χ1) is 11.7. The predicted molar refractivity (Wildman–Crippen MR) is 94.7 cm³/mol. The van der Waals surface area contributed by atoms with Gasteiger partial charge in [0.25, 0.3) is 0 Å². The zero-order valence-electron chi connectivity index (χ0n) is 13.9. The maximum absolute atomic E-state index is 11.9. The van der Waals surface area contributed by atoms with Gasteiger partial charge < -0.3 is 20.1 Å². The number of morpholine rings is 1. The van der Waals surface area contributed by atoms with Gasteiger partial charge >= 0.3 is 0 Å². The number of nitrogens with one attached hydrogen (secondary N) is 3. The number of H-pyrrole nitrogens is 1. The first-order valence-corrected chi connectivity index (χ1v) is 7.88. The fraction of sp³-hybridized carbons (Fsp3) is 0.438. The number of ether oxygens (including phenoxy) is 2. The molecule has 1 amide bonds. The van der Waals surface area contributed by atoms with Crippen molar-refractivity contribution in [2.75, 3.05) is 26.9 Å². The Morgan fingerprint density at radius 2 is 2.20 bits per heavy atom. The van der Waals surface area contributed by atoms with E-state index in [1.807, 2.05) is 24.3 Å². The van der Waals surface area contributed by atoms with Gasteiger partial charge in [0, 0.05) is 24.6 Å². The molecular formula is C16H22ClN5O3. The zero-order valence-corrected chi connectivity index (χ0v) is 14.8. The monoisotopic (exact) mass is 367 g/mol. The maximum atomic E-state index is 11.9. The van der Waals surface area contributed by atoms with Gasteiger partial charge in [0.15, 0.2) is 5.82 Å². The highest BCUT2D eigenvalue weighted by Crippen LogP contribution is 2.18. The van der Waals surface area contributed by atoms with Crippen molar-refractivity contribution in [2.24, 2.45) is 0 Å². The molecule has 3 N–H and O–H groups in total. The number of rotatable bonds is 6. The lowest BCUT2D eigenvalue weighted by atomic mass is 10.2. The van der Waals surface area contributed by atoms with Gasteiger partial charge in [0.05, 0.1) is 26.9 Å². The van der Waals surface area contributed by atoms with Gasteiger partial charge in [-0.2, -0.15) is 5.10 Å². The largest absolute Gasteiger partial charge is 0.497 e. The van der Waals surface area contributed by atoms with Crippen LogP contribution in [-0.2, 0) is 16.1 Å². The summed E-state index contributed by atoms with van der Waals surface area (Å²) < 4.78 is 10.5. The molecule has 2 aromatic rings. The number of aromatic nitrogens is 3. The fourth-order valence-electron chi connectivity index (χ4n) is 2.47. The number of hydrogen-bond donors (Lipinski definition) is 3. The summed E-state index contributed by atoms with van der Waals surface area (Å²) in [5, 5.41) is 13.1. The van der Waals surface area contributed by atoms with Crippen LogP contribution in [0.5, 0.6) is 5.75 Å². The van der Waals surface area contributed by atoms with Gasteiger partial charge in [-0.3, -0.25) is 9.89 Å². The SMILES string of the molecule is COc1ccc(-c2n[nH]c(CNC(=O)CC3COCCN3)n2)cc1.Cl. The first kappa shape index (κ1) is 19.2. The van der Waals surface area contributed by atoms with E-state index in [1.165, 1.54) is 0 Å². The Hall–Kier alpha value is -2.16. The fourth-order valence-corrected chi connectivity index (χ4v) is 2.47. The van der Waals surface area contributed by atoms with E-state index >= 15 is 0 Å². The van der Waals surface area contributed by atoms with E-state index in [4.69, 9.17) is 9.47 Å². The van der Waals surface area contributed by atoms with E-state index in [9.17, 15) is 4.79 Å². The minimum Gasteiger partial charge on any atom is -0.497 e. The molecule has 0 radical (unpaired) electrons. The van der Waals surface area contributed by atoms with E-state index in [0.29, 0.717) is 37.8 Å². The Labute approximate surface area is 152 Å². The summed E-state index contributed by atoms with van der Waals surface area (Å²) in [7, 11) is 1.62. The van der Waals surface area contributed by atoms with Crippen LogP contribution >= 0.6 is 12.4 Å². The second-order valence-electron chi connectivity index (χ2n) is 5.54. The van der Waals surface area contributed by atoms with Crippen molar-refractivity contribution in [1.29, 1.82) is 0 Å². The van der Waals surface area contributed by atoms with Crippen molar-refractivity contribution in [3.05, 3.63) is 30.1 Å². The van der Waals surface area contributed by atoms with Gasteiger partial charge in [-0.1, -0.05) is 0 Å². The third-order valence-corrected chi connectivity index (χ3v) is 3.76. The molecule has 1 atom stereocenters. The van der Waals surface area contributed by atoms with E-state index in [0.717, 1.165) is 17.9 Å². The molecule has 2 heterocycles. The molecule has 0 bridgehead atoms. The van der Waals surface area contributed by atoms with Crippen LogP contribution < -0.4 is 15.4 Å². The summed E-state index contributed by atoms with van der Waals surface area (Å²) in [4.78, 5) is 16.3. The standard InChI is InChI=1S/C16H21N5O3.ClH/c1-23-13-4-2-11(3-5-13)16-19-14(20-21-16)9-18-15(22)8-12-10-24-7-6-17-12;/h2-5,12,17H,6-10H2,1H3,(H,18,22)(H,19,20,21);1H. The minimum absolute atomic E-state index is 0. The Morgan fingerprint density at radius 1 is 1.40 bits per heavy atom. The summed E-state index contributed by atoms with van der Waals surface area (Å²) in [5.74, 6) is 1.94. The average molecular weight is 368 g/mol. The van der Waals surface area contributed by atoms with Gasteiger partial charge in [0.2, 0.25) is 5.91 Å². The Morgan fingerprint density at radius 3 is 2.88 bits per heavy atom. The minimum atomic E-state index is -0.0413. The second kappa shape index (κ2) is 9.36. The van der Waals surface area contributed by atoms with Gasteiger partial charge in [0.1, 0.15) is 11.6 Å². The maximum Gasteiger partial charge on any atom is 0.222 e. The highest BCUT2D eigenvalue weighted by molar-refractivity contribution is 5.85. The van der Waals surface area contributed by atoms with E-state index in [-0.39, 0.29) is 24.4 Å². The average Bonchev–Trinajstić information content (AvgIpc) is 3.10. The molecule has 25 heavy (non-hydrogen) atoms. The third kappa shape index (κ3) is 5.42. The van der Waals surface area contributed by atoms with E-state index < -0.39 is 0 Å². The van der Waals surface area contributed by atoms with Crippen molar-refractivity contribution in [2.45, 2.75) is 19.0 Å². The first-order valence-electron chi connectivity index (χ1n) is 7.88. The number of nitrogens with zero attached hydrogens (tertiary/aromatic N) is 2. The molecule has 1 saturated heterocycles.